The fraction of sp³-hybridized carbons (Fsp3) is 0.263. The summed E-state index contributed by atoms with van der Waals surface area (Å²) in [5.41, 5.74) is 3.88. The van der Waals surface area contributed by atoms with Gasteiger partial charge in [-0.2, -0.15) is 0 Å². The molecule has 0 N–H and O–H groups in total. The SMILES string of the molecule is CCCCOc1ccc(C(=O)Oc2ccc(-c3nnc(-c4ccc(OC(=O)c5ccc(OCCCC)c(C)c5)c(Br)c4)o3)cc2)cc1C. The molecule has 0 aliphatic rings. The number of rotatable bonds is 14. The zero-order valence-electron chi connectivity index (χ0n) is 27.4. The molecule has 1 aromatic heterocycles. The largest absolute Gasteiger partial charge is 0.493 e. The van der Waals surface area contributed by atoms with E-state index in [-0.39, 0.29) is 5.89 Å². The van der Waals surface area contributed by atoms with Gasteiger partial charge in [0.15, 0.2) is 0 Å². The van der Waals surface area contributed by atoms with E-state index in [1.165, 1.54) is 0 Å². The first kappa shape index (κ1) is 34.4. The number of nitrogens with zero attached hydrogens (tertiary/aromatic N) is 2. The first-order chi connectivity index (χ1) is 23.2. The summed E-state index contributed by atoms with van der Waals surface area (Å²) in [6, 6.07) is 22.4. The van der Waals surface area contributed by atoms with Crippen molar-refractivity contribution in [2.75, 3.05) is 13.2 Å². The molecule has 48 heavy (non-hydrogen) atoms. The smallest absolute Gasteiger partial charge is 0.343 e. The topological polar surface area (TPSA) is 110 Å². The molecule has 4 aromatic carbocycles. The molecular weight excluding hydrogens is 676 g/mol. The lowest BCUT2D eigenvalue weighted by atomic mass is 10.1. The van der Waals surface area contributed by atoms with E-state index in [4.69, 9.17) is 23.4 Å². The first-order valence-electron chi connectivity index (χ1n) is 15.9. The molecule has 0 unspecified atom stereocenters. The summed E-state index contributed by atoms with van der Waals surface area (Å²) < 4.78 is 29.3. The van der Waals surface area contributed by atoms with Gasteiger partial charge in [0, 0.05) is 11.1 Å². The highest BCUT2D eigenvalue weighted by Crippen LogP contribution is 2.33. The molecule has 0 saturated heterocycles. The standard InChI is InChI=1S/C38H37BrN2O7/c1-5-7-19-44-32-16-12-28(21-24(32)3)37(42)46-30-14-9-26(10-15-30)35-40-41-36(48-35)27-11-18-34(31(39)23-27)47-38(43)29-13-17-33(25(4)22-29)45-20-8-6-2/h9-18,21-23H,5-8,19-20H2,1-4H3. The predicted molar refractivity (Wildman–Crippen MR) is 186 cm³/mol. The minimum atomic E-state index is -0.485. The Morgan fingerprint density at radius 2 is 1.15 bits per heavy atom. The van der Waals surface area contributed by atoms with E-state index in [1.54, 1.807) is 78.9 Å². The second kappa shape index (κ2) is 16.2. The molecule has 0 aliphatic heterocycles. The van der Waals surface area contributed by atoms with Gasteiger partial charge in [0.25, 0.3) is 0 Å². The Bertz CT molecular complexity index is 1880. The number of esters is 2. The first-order valence-corrected chi connectivity index (χ1v) is 16.7. The quantitative estimate of drug-likeness (QED) is 0.0631. The van der Waals surface area contributed by atoms with Gasteiger partial charge in [-0.1, -0.05) is 26.7 Å². The lowest BCUT2D eigenvalue weighted by molar-refractivity contribution is 0.0724. The molecule has 5 rings (SSSR count). The van der Waals surface area contributed by atoms with Crippen molar-refractivity contribution in [2.24, 2.45) is 0 Å². The number of hydrogen-bond donors (Lipinski definition) is 0. The van der Waals surface area contributed by atoms with Gasteiger partial charge >= 0.3 is 11.9 Å². The Morgan fingerprint density at radius 3 is 1.67 bits per heavy atom. The van der Waals surface area contributed by atoms with Gasteiger partial charge in [0.05, 0.1) is 28.8 Å². The van der Waals surface area contributed by atoms with Crippen LogP contribution in [0.3, 0.4) is 0 Å². The van der Waals surface area contributed by atoms with E-state index in [9.17, 15) is 9.59 Å². The third-order valence-corrected chi connectivity index (χ3v) is 8.07. The average Bonchev–Trinajstić information content (AvgIpc) is 3.58. The fourth-order valence-corrected chi connectivity index (χ4v) is 5.15. The highest BCUT2D eigenvalue weighted by atomic mass is 79.9. The van der Waals surface area contributed by atoms with E-state index in [0.717, 1.165) is 48.3 Å². The van der Waals surface area contributed by atoms with Crippen LogP contribution < -0.4 is 18.9 Å². The van der Waals surface area contributed by atoms with Crippen molar-refractivity contribution in [1.29, 1.82) is 0 Å². The van der Waals surface area contributed by atoms with Crippen molar-refractivity contribution in [3.63, 3.8) is 0 Å². The van der Waals surface area contributed by atoms with E-state index < -0.39 is 11.9 Å². The van der Waals surface area contributed by atoms with Crippen molar-refractivity contribution >= 4 is 27.9 Å². The van der Waals surface area contributed by atoms with Gasteiger partial charge < -0.3 is 23.4 Å². The van der Waals surface area contributed by atoms with Crippen LogP contribution in [0.4, 0.5) is 0 Å². The zero-order chi connectivity index (χ0) is 34.0. The molecule has 0 amide bonds. The summed E-state index contributed by atoms with van der Waals surface area (Å²) in [7, 11) is 0. The second-order valence-corrected chi connectivity index (χ2v) is 12.1. The van der Waals surface area contributed by atoms with Crippen molar-refractivity contribution < 1.29 is 33.0 Å². The maximum absolute atomic E-state index is 12.9. The van der Waals surface area contributed by atoms with Gasteiger partial charge in [0.2, 0.25) is 11.8 Å². The van der Waals surface area contributed by atoms with Gasteiger partial charge in [-0.3, -0.25) is 0 Å². The molecular formula is C38H37BrN2O7. The van der Waals surface area contributed by atoms with Crippen molar-refractivity contribution in [3.8, 4) is 45.9 Å². The Morgan fingerprint density at radius 1 is 0.646 bits per heavy atom. The Kier molecular flexibility index (Phi) is 11.6. The Hall–Kier alpha value is -4.96. The lowest BCUT2D eigenvalue weighted by Crippen LogP contribution is -2.09. The molecule has 248 valence electrons. The van der Waals surface area contributed by atoms with Crippen LogP contribution in [0.25, 0.3) is 22.9 Å². The highest BCUT2D eigenvalue weighted by Gasteiger charge is 2.17. The molecule has 5 aromatic rings. The number of carbonyl (C=O) groups is 2. The average molecular weight is 714 g/mol. The van der Waals surface area contributed by atoms with Crippen molar-refractivity contribution in [2.45, 2.75) is 53.4 Å². The summed E-state index contributed by atoms with van der Waals surface area (Å²) in [5, 5.41) is 8.36. The van der Waals surface area contributed by atoms with Crippen LogP contribution in [0.2, 0.25) is 0 Å². The molecule has 1 heterocycles. The lowest BCUT2D eigenvalue weighted by Gasteiger charge is -2.11. The van der Waals surface area contributed by atoms with Crippen LogP contribution in [-0.2, 0) is 0 Å². The van der Waals surface area contributed by atoms with Crippen LogP contribution in [0.5, 0.6) is 23.0 Å². The minimum absolute atomic E-state index is 0.283. The second-order valence-electron chi connectivity index (χ2n) is 11.2. The summed E-state index contributed by atoms with van der Waals surface area (Å²) in [5.74, 6) is 1.87. The summed E-state index contributed by atoms with van der Waals surface area (Å²) in [6.45, 7) is 9.29. The molecule has 9 nitrogen and oxygen atoms in total. The maximum atomic E-state index is 12.9. The number of ether oxygens (including phenoxy) is 4. The molecule has 0 radical (unpaired) electrons. The molecule has 0 spiro atoms. The number of unbranched alkanes of at least 4 members (excludes halogenated alkanes) is 2. The number of carbonyl (C=O) groups excluding carboxylic acids is 2. The van der Waals surface area contributed by atoms with Crippen LogP contribution in [0.15, 0.2) is 87.8 Å². The van der Waals surface area contributed by atoms with Crippen LogP contribution in [0.1, 0.15) is 71.4 Å². The molecule has 0 fully saturated rings. The molecule has 10 heteroatoms. The third-order valence-electron chi connectivity index (χ3n) is 7.45. The van der Waals surface area contributed by atoms with E-state index in [1.807, 2.05) is 13.8 Å². The molecule has 0 bridgehead atoms. The van der Waals surface area contributed by atoms with Crippen LogP contribution in [0, 0.1) is 13.8 Å². The normalized spacial score (nSPS) is 10.9. The van der Waals surface area contributed by atoms with Gasteiger partial charge in [-0.15, -0.1) is 10.2 Å². The number of benzene rings is 4. The molecule has 0 aliphatic carbocycles. The van der Waals surface area contributed by atoms with Gasteiger partial charge in [-0.25, -0.2) is 9.59 Å². The Labute approximate surface area is 288 Å². The van der Waals surface area contributed by atoms with E-state index in [2.05, 4.69) is 40.0 Å². The monoisotopic (exact) mass is 712 g/mol. The Balaban J connectivity index is 1.19. The maximum Gasteiger partial charge on any atom is 0.343 e. The van der Waals surface area contributed by atoms with E-state index >= 15 is 0 Å². The van der Waals surface area contributed by atoms with Gasteiger partial charge in [-0.05, 0) is 133 Å². The van der Waals surface area contributed by atoms with Crippen molar-refractivity contribution in [3.05, 3.63) is 106 Å². The molecule has 0 atom stereocenters. The number of hydrogen-bond acceptors (Lipinski definition) is 9. The number of aryl methyl sites for hydroxylation is 2. The summed E-state index contributed by atoms with van der Waals surface area (Å²) >= 11 is 3.49. The zero-order valence-corrected chi connectivity index (χ0v) is 29.0. The summed E-state index contributed by atoms with van der Waals surface area (Å²) in [4.78, 5) is 25.6. The number of aromatic nitrogens is 2. The molecule has 0 saturated carbocycles. The highest BCUT2D eigenvalue weighted by molar-refractivity contribution is 9.10. The fourth-order valence-electron chi connectivity index (χ4n) is 4.69. The third kappa shape index (κ3) is 8.68. The predicted octanol–water partition coefficient (Wildman–Crippen LogP) is 9.58. The van der Waals surface area contributed by atoms with Crippen LogP contribution >= 0.6 is 15.9 Å². The van der Waals surface area contributed by atoms with Crippen LogP contribution in [-0.4, -0.2) is 35.3 Å². The minimum Gasteiger partial charge on any atom is -0.493 e. The van der Waals surface area contributed by atoms with E-state index in [0.29, 0.717) is 57.3 Å². The van der Waals surface area contributed by atoms with Gasteiger partial charge in [0.1, 0.15) is 23.0 Å². The van der Waals surface area contributed by atoms with Crippen molar-refractivity contribution in [1.82, 2.24) is 10.2 Å². The number of halogens is 1. The summed E-state index contributed by atoms with van der Waals surface area (Å²) in [6.07, 6.45) is 4.04.